The van der Waals surface area contributed by atoms with Crippen molar-refractivity contribution >= 4 is 17.3 Å². The maximum absolute atomic E-state index is 11.6. The summed E-state index contributed by atoms with van der Waals surface area (Å²) in [4.78, 5) is 21.8. The van der Waals surface area contributed by atoms with Crippen molar-refractivity contribution in [3.05, 3.63) is 34.4 Å². The number of para-hydroxylation sites is 2. The highest BCUT2D eigenvalue weighted by Gasteiger charge is 2.14. The third-order valence-electron chi connectivity index (χ3n) is 3.10. The highest BCUT2D eigenvalue weighted by molar-refractivity contribution is 5.86. The molecule has 0 heterocycles. The van der Waals surface area contributed by atoms with Gasteiger partial charge in [0.05, 0.1) is 4.92 Å². The molecular weight excluding hydrogens is 274 g/mol. The molecule has 1 rings (SSSR count). The van der Waals surface area contributed by atoms with Gasteiger partial charge in [-0.2, -0.15) is 5.10 Å². The fraction of sp³-hybridized carbons (Fsp3) is 0.429. The number of hydrogen-bond donors (Lipinski definition) is 1. The average molecular weight is 293 g/mol. The van der Waals surface area contributed by atoms with Crippen LogP contribution in [0.2, 0.25) is 0 Å². The van der Waals surface area contributed by atoms with Gasteiger partial charge in [0.1, 0.15) is 0 Å². The molecule has 7 heteroatoms. The Morgan fingerprint density at radius 1 is 1.48 bits per heavy atom. The van der Waals surface area contributed by atoms with Crippen molar-refractivity contribution in [2.75, 3.05) is 6.61 Å². The average Bonchev–Trinajstić information content (AvgIpc) is 2.49. The SMILES string of the molecule is CC[C@@H](C)/C(C)=N\NC(=O)COc1ccccc1[N+](=O)[O-]. The Kier molecular flexibility index (Phi) is 6.32. The van der Waals surface area contributed by atoms with E-state index in [4.69, 9.17) is 4.74 Å². The van der Waals surface area contributed by atoms with Crippen LogP contribution in [0.1, 0.15) is 27.2 Å². The van der Waals surface area contributed by atoms with Crippen LogP contribution in [0, 0.1) is 16.0 Å². The first kappa shape index (κ1) is 16.6. The summed E-state index contributed by atoms with van der Waals surface area (Å²) in [5, 5.41) is 14.8. The van der Waals surface area contributed by atoms with E-state index in [1.807, 2.05) is 20.8 Å². The summed E-state index contributed by atoms with van der Waals surface area (Å²) in [5.41, 5.74) is 3.01. The number of nitrogens with one attached hydrogen (secondary N) is 1. The minimum Gasteiger partial charge on any atom is -0.477 e. The number of amides is 1. The third-order valence-corrected chi connectivity index (χ3v) is 3.10. The Balaban J connectivity index is 2.56. The molecule has 1 amide bonds. The third kappa shape index (κ3) is 5.21. The number of ether oxygens (including phenoxy) is 1. The highest BCUT2D eigenvalue weighted by Crippen LogP contribution is 2.25. The Hall–Kier alpha value is -2.44. The van der Waals surface area contributed by atoms with Crippen LogP contribution in [0.4, 0.5) is 5.69 Å². The number of rotatable bonds is 7. The van der Waals surface area contributed by atoms with E-state index in [1.54, 1.807) is 6.07 Å². The van der Waals surface area contributed by atoms with Crippen LogP contribution in [-0.2, 0) is 4.79 Å². The van der Waals surface area contributed by atoms with E-state index in [0.717, 1.165) is 12.1 Å². The molecule has 0 fully saturated rings. The van der Waals surface area contributed by atoms with E-state index in [0.29, 0.717) is 0 Å². The van der Waals surface area contributed by atoms with E-state index < -0.39 is 10.8 Å². The summed E-state index contributed by atoms with van der Waals surface area (Å²) in [6.07, 6.45) is 0.928. The highest BCUT2D eigenvalue weighted by atomic mass is 16.6. The second kappa shape index (κ2) is 7.98. The number of nitro benzene ring substituents is 1. The topological polar surface area (TPSA) is 93.8 Å². The van der Waals surface area contributed by atoms with Crippen LogP contribution < -0.4 is 10.2 Å². The number of nitro groups is 1. The van der Waals surface area contributed by atoms with E-state index >= 15 is 0 Å². The first-order chi connectivity index (χ1) is 9.95. The molecule has 0 aliphatic carbocycles. The van der Waals surface area contributed by atoms with Gasteiger partial charge in [0.15, 0.2) is 12.4 Å². The summed E-state index contributed by atoms with van der Waals surface area (Å²) >= 11 is 0. The van der Waals surface area contributed by atoms with Gasteiger partial charge < -0.3 is 4.74 Å². The maximum atomic E-state index is 11.6. The number of carbonyl (C=O) groups is 1. The molecule has 21 heavy (non-hydrogen) atoms. The van der Waals surface area contributed by atoms with Crippen LogP contribution in [0.3, 0.4) is 0 Å². The zero-order valence-electron chi connectivity index (χ0n) is 12.3. The van der Waals surface area contributed by atoms with Crippen LogP contribution >= 0.6 is 0 Å². The molecule has 0 saturated heterocycles. The molecule has 1 N–H and O–H groups in total. The minimum absolute atomic E-state index is 0.0558. The molecule has 0 aliphatic rings. The fourth-order valence-corrected chi connectivity index (χ4v) is 1.46. The number of nitrogens with zero attached hydrogens (tertiary/aromatic N) is 2. The van der Waals surface area contributed by atoms with Gasteiger partial charge in [-0.25, -0.2) is 5.43 Å². The van der Waals surface area contributed by atoms with Crippen molar-refractivity contribution < 1.29 is 14.5 Å². The molecule has 0 spiro atoms. The fourth-order valence-electron chi connectivity index (χ4n) is 1.46. The van der Waals surface area contributed by atoms with Gasteiger partial charge in [-0.15, -0.1) is 0 Å². The summed E-state index contributed by atoms with van der Waals surface area (Å²) < 4.78 is 5.16. The molecule has 0 aromatic heterocycles. The van der Waals surface area contributed by atoms with Crippen molar-refractivity contribution in [3.63, 3.8) is 0 Å². The Labute approximate surface area is 123 Å². The van der Waals surface area contributed by atoms with Gasteiger partial charge in [-0.1, -0.05) is 26.0 Å². The Morgan fingerprint density at radius 2 is 2.14 bits per heavy atom. The van der Waals surface area contributed by atoms with Crippen molar-refractivity contribution in [1.29, 1.82) is 0 Å². The lowest BCUT2D eigenvalue weighted by molar-refractivity contribution is -0.385. The second-order valence-electron chi connectivity index (χ2n) is 4.61. The molecule has 1 aromatic carbocycles. The van der Waals surface area contributed by atoms with Gasteiger partial charge in [0.25, 0.3) is 5.91 Å². The largest absolute Gasteiger partial charge is 0.477 e. The molecule has 0 unspecified atom stereocenters. The number of hydrazone groups is 1. The monoisotopic (exact) mass is 293 g/mol. The summed E-state index contributed by atoms with van der Waals surface area (Å²) in [6.45, 7) is 5.54. The Bertz CT molecular complexity index is 543. The van der Waals surface area contributed by atoms with Gasteiger partial charge in [-0.05, 0) is 25.3 Å². The standard InChI is InChI=1S/C14H19N3O4/c1-4-10(2)11(3)15-16-14(18)9-21-13-8-6-5-7-12(13)17(19)20/h5-8,10H,4,9H2,1-3H3,(H,16,18)/b15-11-/t10-/m1/s1. The van der Waals surface area contributed by atoms with Crippen LogP contribution in [0.5, 0.6) is 5.75 Å². The maximum Gasteiger partial charge on any atom is 0.310 e. The second-order valence-corrected chi connectivity index (χ2v) is 4.61. The van der Waals surface area contributed by atoms with Gasteiger partial charge in [0, 0.05) is 11.8 Å². The van der Waals surface area contributed by atoms with Crippen molar-refractivity contribution in [2.24, 2.45) is 11.0 Å². The quantitative estimate of drug-likeness (QED) is 0.475. The normalized spacial score (nSPS) is 12.6. The lowest BCUT2D eigenvalue weighted by atomic mass is 10.1. The zero-order chi connectivity index (χ0) is 15.8. The van der Waals surface area contributed by atoms with Crippen LogP contribution in [0.15, 0.2) is 29.4 Å². The van der Waals surface area contributed by atoms with Gasteiger partial charge in [0.2, 0.25) is 0 Å². The lowest BCUT2D eigenvalue weighted by Crippen LogP contribution is -2.26. The summed E-state index contributed by atoms with van der Waals surface area (Å²) in [6, 6.07) is 5.90. The smallest absolute Gasteiger partial charge is 0.310 e. The summed E-state index contributed by atoms with van der Waals surface area (Å²) in [5.74, 6) is -0.127. The number of hydrogen-bond acceptors (Lipinski definition) is 5. The molecule has 0 saturated carbocycles. The molecule has 0 radical (unpaired) electrons. The molecule has 1 atom stereocenters. The molecule has 114 valence electrons. The van der Waals surface area contributed by atoms with Gasteiger partial charge >= 0.3 is 5.69 Å². The van der Waals surface area contributed by atoms with Crippen molar-refractivity contribution in [2.45, 2.75) is 27.2 Å². The summed E-state index contributed by atoms with van der Waals surface area (Å²) in [7, 11) is 0. The zero-order valence-corrected chi connectivity index (χ0v) is 12.3. The van der Waals surface area contributed by atoms with Crippen LogP contribution in [0.25, 0.3) is 0 Å². The van der Waals surface area contributed by atoms with E-state index in [1.165, 1.54) is 18.2 Å². The van der Waals surface area contributed by atoms with Crippen molar-refractivity contribution in [1.82, 2.24) is 5.43 Å². The van der Waals surface area contributed by atoms with E-state index in [2.05, 4.69) is 10.5 Å². The number of benzene rings is 1. The number of carbonyl (C=O) groups excluding carboxylic acids is 1. The molecule has 1 aromatic rings. The first-order valence-corrected chi connectivity index (χ1v) is 6.65. The van der Waals surface area contributed by atoms with Gasteiger partial charge in [-0.3, -0.25) is 14.9 Å². The minimum atomic E-state index is -0.557. The predicted molar refractivity (Wildman–Crippen MR) is 79.3 cm³/mol. The molecule has 7 nitrogen and oxygen atoms in total. The Morgan fingerprint density at radius 3 is 2.76 bits per heavy atom. The van der Waals surface area contributed by atoms with E-state index in [-0.39, 0.29) is 24.0 Å². The molecule has 0 bridgehead atoms. The molecule has 0 aliphatic heterocycles. The lowest BCUT2D eigenvalue weighted by Gasteiger charge is -2.08. The van der Waals surface area contributed by atoms with Crippen molar-refractivity contribution in [3.8, 4) is 5.75 Å². The first-order valence-electron chi connectivity index (χ1n) is 6.65. The molecular formula is C14H19N3O4. The van der Waals surface area contributed by atoms with Crippen LogP contribution in [-0.4, -0.2) is 23.1 Å². The predicted octanol–water partition coefficient (Wildman–Crippen LogP) is 2.51. The van der Waals surface area contributed by atoms with E-state index in [9.17, 15) is 14.9 Å².